The Labute approximate surface area is 107 Å². The number of carbonyl (C=O) groups is 1. The van der Waals surface area contributed by atoms with Crippen LogP contribution in [0.4, 0.5) is 4.39 Å². The van der Waals surface area contributed by atoms with Gasteiger partial charge in [0.2, 0.25) is 0 Å². The molecule has 2 N–H and O–H groups in total. The summed E-state index contributed by atoms with van der Waals surface area (Å²) >= 11 is 0. The van der Waals surface area contributed by atoms with Crippen LogP contribution < -0.4 is 15.4 Å². The number of amides is 1. The van der Waals surface area contributed by atoms with Crippen LogP contribution in [0, 0.1) is 5.82 Å². The van der Waals surface area contributed by atoms with Crippen LogP contribution in [0.1, 0.15) is 19.4 Å². The largest absolute Gasteiger partial charge is 0.480 e. The third-order valence-corrected chi connectivity index (χ3v) is 2.34. The minimum absolute atomic E-state index is 0.143. The number of hydrogen-bond donors (Lipinski definition) is 2. The predicted molar refractivity (Wildman–Crippen MR) is 68.0 cm³/mol. The van der Waals surface area contributed by atoms with E-state index >= 15 is 0 Å². The lowest BCUT2D eigenvalue weighted by molar-refractivity contribution is -0.123. The normalized spacial score (nSPS) is 10.2. The summed E-state index contributed by atoms with van der Waals surface area (Å²) in [6.07, 6.45) is 0. The van der Waals surface area contributed by atoms with Gasteiger partial charge in [0.05, 0.1) is 0 Å². The summed E-state index contributed by atoms with van der Waals surface area (Å²) in [5, 5.41) is 5.69. The van der Waals surface area contributed by atoms with Gasteiger partial charge in [0.25, 0.3) is 5.91 Å². The van der Waals surface area contributed by atoms with Crippen LogP contribution in [0.15, 0.2) is 18.2 Å². The molecule has 0 aliphatic heterocycles. The molecular formula is C13H19FN2O2. The van der Waals surface area contributed by atoms with Crippen LogP contribution in [0.25, 0.3) is 0 Å². The van der Waals surface area contributed by atoms with E-state index in [1.807, 2.05) is 13.8 Å². The fraction of sp³-hybridized carbons (Fsp3) is 0.462. The average molecular weight is 254 g/mol. The molecule has 100 valence electrons. The van der Waals surface area contributed by atoms with E-state index in [9.17, 15) is 9.18 Å². The Morgan fingerprint density at radius 3 is 2.78 bits per heavy atom. The third-order valence-electron chi connectivity index (χ3n) is 2.34. The molecule has 0 heterocycles. The maximum absolute atomic E-state index is 13.6. The highest BCUT2D eigenvalue weighted by atomic mass is 19.1. The number of carbonyl (C=O) groups excluding carboxylic acids is 1. The van der Waals surface area contributed by atoms with Gasteiger partial charge in [-0.05, 0) is 19.5 Å². The minimum Gasteiger partial charge on any atom is -0.480 e. The zero-order valence-corrected chi connectivity index (χ0v) is 10.8. The summed E-state index contributed by atoms with van der Waals surface area (Å²) in [5.74, 6) is -0.561. The summed E-state index contributed by atoms with van der Waals surface area (Å²) in [6, 6.07) is 4.72. The van der Waals surface area contributed by atoms with Gasteiger partial charge in [-0.1, -0.05) is 19.1 Å². The smallest absolute Gasteiger partial charge is 0.257 e. The van der Waals surface area contributed by atoms with Gasteiger partial charge in [-0.2, -0.15) is 0 Å². The van der Waals surface area contributed by atoms with Crippen molar-refractivity contribution < 1.29 is 13.9 Å². The maximum Gasteiger partial charge on any atom is 0.257 e. The first-order chi connectivity index (χ1) is 8.69. The molecule has 0 spiro atoms. The molecular weight excluding hydrogens is 235 g/mol. The zero-order valence-electron chi connectivity index (χ0n) is 10.8. The van der Waals surface area contributed by atoms with Crippen molar-refractivity contribution in [3.05, 3.63) is 29.6 Å². The molecule has 1 amide bonds. The van der Waals surface area contributed by atoms with Crippen molar-refractivity contribution in [2.24, 2.45) is 0 Å². The highest BCUT2D eigenvalue weighted by Gasteiger charge is 2.11. The Morgan fingerprint density at radius 2 is 2.11 bits per heavy atom. The monoisotopic (exact) mass is 254 g/mol. The first-order valence-electron chi connectivity index (χ1n) is 6.06. The SMILES string of the molecule is CCNCc1cccc(F)c1OCC(=O)NCC. The van der Waals surface area contributed by atoms with Crippen LogP contribution in [0.2, 0.25) is 0 Å². The van der Waals surface area contributed by atoms with Gasteiger partial charge < -0.3 is 15.4 Å². The van der Waals surface area contributed by atoms with Crippen molar-refractivity contribution in [3.63, 3.8) is 0 Å². The topological polar surface area (TPSA) is 50.4 Å². The molecule has 0 aromatic heterocycles. The second-order valence-electron chi connectivity index (χ2n) is 3.75. The van der Waals surface area contributed by atoms with Crippen LogP contribution in [-0.4, -0.2) is 25.6 Å². The third kappa shape index (κ3) is 4.33. The van der Waals surface area contributed by atoms with Gasteiger partial charge in [0, 0.05) is 18.7 Å². The van der Waals surface area contributed by atoms with E-state index in [1.165, 1.54) is 6.07 Å². The molecule has 1 rings (SSSR count). The van der Waals surface area contributed by atoms with E-state index in [2.05, 4.69) is 10.6 Å². The molecule has 0 bridgehead atoms. The predicted octanol–water partition coefficient (Wildman–Crippen LogP) is 1.45. The number of para-hydroxylation sites is 1. The Kier molecular flexibility index (Phi) is 6.14. The molecule has 18 heavy (non-hydrogen) atoms. The van der Waals surface area contributed by atoms with Gasteiger partial charge in [-0.25, -0.2) is 4.39 Å². The van der Waals surface area contributed by atoms with Crippen LogP contribution in [0.5, 0.6) is 5.75 Å². The zero-order chi connectivity index (χ0) is 13.4. The summed E-state index contributed by atoms with van der Waals surface area (Å²) in [4.78, 5) is 11.3. The van der Waals surface area contributed by atoms with Crippen LogP contribution >= 0.6 is 0 Å². The first kappa shape index (κ1) is 14.4. The van der Waals surface area contributed by atoms with E-state index < -0.39 is 5.82 Å². The highest BCUT2D eigenvalue weighted by molar-refractivity contribution is 5.77. The van der Waals surface area contributed by atoms with Crippen molar-refractivity contribution in [3.8, 4) is 5.75 Å². The van der Waals surface area contributed by atoms with E-state index in [0.29, 0.717) is 18.7 Å². The molecule has 0 unspecified atom stereocenters. The standard InChI is InChI=1S/C13H19FN2O2/c1-3-15-8-10-6-5-7-11(14)13(10)18-9-12(17)16-4-2/h5-7,15H,3-4,8-9H2,1-2H3,(H,16,17). The van der Waals surface area contributed by atoms with Gasteiger partial charge in [-0.3, -0.25) is 4.79 Å². The van der Waals surface area contributed by atoms with Gasteiger partial charge >= 0.3 is 0 Å². The van der Waals surface area contributed by atoms with E-state index in [4.69, 9.17) is 4.74 Å². The molecule has 0 saturated carbocycles. The van der Waals surface area contributed by atoms with Crippen molar-refractivity contribution in [1.82, 2.24) is 10.6 Å². The summed E-state index contributed by atoms with van der Waals surface area (Å²) in [7, 11) is 0. The van der Waals surface area contributed by atoms with Gasteiger partial charge in [0.1, 0.15) is 0 Å². The Morgan fingerprint density at radius 1 is 1.33 bits per heavy atom. The maximum atomic E-state index is 13.6. The lowest BCUT2D eigenvalue weighted by Crippen LogP contribution is -2.29. The lowest BCUT2D eigenvalue weighted by Gasteiger charge is -2.12. The van der Waals surface area contributed by atoms with Gasteiger partial charge in [-0.15, -0.1) is 0 Å². The molecule has 5 heteroatoms. The Hall–Kier alpha value is -1.62. The fourth-order valence-corrected chi connectivity index (χ4v) is 1.50. The number of benzene rings is 1. The number of halogens is 1. The van der Waals surface area contributed by atoms with E-state index in [0.717, 1.165) is 6.54 Å². The molecule has 0 fully saturated rings. The highest BCUT2D eigenvalue weighted by Crippen LogP contribution is 2.22. The van der Waals surface area contributed by atoms with E-state index in [1.54, 1.807) is 12.1 Å². The molecule has 0 radical (unpaired) electrons. The minimum atomic E-state index is -0.449. The molecule has 0 aliphatic rings. The Bertz CT molecular complexity index is 397. The molecule has 4 nitrogen and oxygen atoms in total. The van der Waals surface area contributed by atoms with Crippen molar-refractivity contribution in [1.29, 1.82) is 0 Å². The lowest BCUT2D eigenvalue weighted by atomic mass is 10.2. The number of rotatable bonds is 7. The van der Waals surface area contributed by atoms with Crippen molar-refractivity contribution in [2.75, 3.05) is 19.7 Å². The second-order valence-corrected chi connectivity index (χ2v) is 3.75. The van der Waals surface area contributed by atoms with Crippen LogP contribution in [-0.2, 0) is 11.3 Å². The summed E-state index contributed by atoms with van der Waals surface area (Å²) < 4.78 is 18.9. The molecule has 0 aliphatic carbocycles. The molecule has 0 atom stereocenters. The number of likely N-dealkylation sites (N-methyl/N-ethyl adjacent to an activating group) is 1. The molecule has 0 saturated heterocycles. The summed E-state index contributed by atoms with van der Waals surface area (Å²) in [6.45, 7) is 5.44. The van der Waals surface area contributed by atoms with Crippen molar-refractivity contribution in [2.45, 2.75) is 20.4 Å². The van der Waals surface area contributed by atoms with Gasteiger partial charge in [0.15, 0.2) is 18.2 Å². The number of nitrogens with one attached hydrogen (secondary N) is 2. The van der Waals surface area contributed by atoms with E-state index in [-0.39, 0.29) is 18.3 Å². The first-order valence-corrected chi connectivity index (χ1v) is 6.06. The quantitative estimate of drug-likeness (QED) is 0.774. The van der Waals surface area contributed by atoms with Crippen LogP contribution in [0.3, 0.4) is 0 Å². The number of ether oxygens (including phenoxy) is 1. The number of hydrogen-bond acceptors (Lipinski definition) is 3. The average Bonchev–Trinajstić information content (AvgIpc) is 2.35. The Balaban J connectivity index is 2.69. The van der Waals surface area contributed by atoms with Crippen molar-refractivity contribution >= 4 is 5.91 Å². The fourth-order valence-electron chi connectivity index (χ4n) is 1.50. The molecule has 1 aromatic carbocycles. The summed E-state index contributed by atoms with van der Waals surface area (Å²) in [5.41, 5.74) is 0.709. The second kappa shape index (κ2) is 7.66. The molecule has 1 aromatic rings.